The molecule has 1 rings (SSSR count). The summed E-state index contributed by atoms with van der Waals surface area (Å²) in [5, 5.41) is 4.54. The van der Waals surface area contributed by atoms with E-state index < -0.39 is 30.0 Å². The number of carbonyl (C=O) groups excluding carboxylic acids is 2. The molecule has 0 radical (unpaired) electrons. The van der Waals surface area contributed by atoms with Gasteiger partial charge in [0.15, 0.2) is 11.6 Å². The van der Waals surface area contributed by atoms with Gasteiger partial charge in [0.2, 0.25) is 0 Å². The van der Waals surface area contributed by atoms with Crippen molar-refractivity contribution in [1.29, 1.82) is 0 Å². The molecule has 0 atom stereocenters. The van der Waals surface area contributed by atoms with Crippen molar-refractivity contribution in [1.82, 2.24) is 5.32 Å². The van der Waals surface area contributed by atoms with Crippen molar-refractivity contribution in [3.05, 3.63) is 24.0 Å². The Hall–Kier alpha value is -2.25. The van der Waals surface area contributed by atoms with E-state index in [0.717, 1.165) is 18.2 Å². The van der Waals surface area contributed by atoms with Crippen LogP contribution in [-0.4, -0.2) is 25.0 Å². The van der Waals surface area contributed by atoms with Gasteiger partial charge in [0, 0.05) is 18.3 Å². The molecule has 8 heteroatoms. The summed E-state index contributed by atoms with van der Waals surface area (Å²) in [6, 6.07) is 2.86. The lowest BCUT2D eigenvalue weighted by atomic mass is 10.2. The highest BCUT2D eigenvalue weighted by molar-refractivity contribution is 6.39. The topological polar surface area (TPSA) is 67.4 Å². The monoisotopic (exact) mass is 304 g/mol. The smallest absolute Gasteiger partial charge is 0.387 e. The molecule has 2 amide bonds. The highest BCUT2D eigenvalue weighted by Gasteiger charge is 2.15. The third kappa shape index (κ3) is 5.72. The number of anilines is 1. The molecule has 0 heterocycles. The average Bonchev–Trinajstić information content (AvgIpc) is 2.38. The van der Waals surface area contributed by atoms with Gasteiger partial charge in [0.05, 0.1) is 0 Å². The first-order valence-corrected chi connectivity index (χ1v) is 6.13. The summed E-state index contributed by atoms with van der Waals surface area (Å²) >= 11 is 0. The summed E-state index contributed by atoms with van der Waals surface area (Å²) in [7, 11) is 0. The van der Waals surface area contributed by atoms with E-state index in [9.17, 15) is 22.8 Å². The fourth-order valence-corrected chi connectivity index (χ4v) is 1.34. The second kappa shape index (κ2) is 7.51. The summed E-state index contributed by atoms with van der Waals surface area (Å²) < 4.78 is 41.2. The van der Waals surface area contributed by atoms with E-state index in [4.69, 9.17) is 0 Å². The molecule has 1 aromatic rings. The van der Waals surface area contributed by atoms with E-state index >= 15 is 0 Å². The molecule has 0 aliphatic heterocycles. The van der Waals surface area contributed by atoms with Crippen LogP contribution in [0.4, 0.5) is 18.9 Å². The first-order valence-electron chi connectivity index (χ1n) is 6.13. The summed E-state index contributed by atoms with van der Waals surface area (Å²) in [6.07, 6.45) is 0. The van der Waals surface area contributed by atoms with Gasteiger partial charge in [-0.25, -0.2) is 4.39 Å². The van der Waals surface area contributed by atoms with Crippen molar-refractivity contribution >= 4 is 17.5 Å². The van der Waals surface area contributed by atoms with E-state index in [1.807, 2.05) is 13.8 Å². The molecular formula is C13H15F3N2O3. The number of alkyl halides is 2. The van der Waals surface area contributed by atoms with Crippen molar-refractivity contribution in [2.24, 2.45) is 5.92 Å². The zero-order valence-electron chi connectivity index (χ0n) is 11.5. The number of nitrogens with one attached hydrogen (secondary N) is 2. The summed E-state index contributed by atoms with van der Waals surface area (Å²) in [4.78, 5) is 22.9. The molecule has 0 saturated heterocycles. The standard InChI is InChI=1S/C13H15F3N2O3/c1-7(2)6-17-11(19)12(20)18-8-3-4-10(9(14)5-8)21-13(15)16/h3-5,7,13H,6H2,1-2H3,(H,17,19)(H,18,20). The SMILES string of the molecule is CC(C)CNC(=O)C(=O)Nc1ccc(OC(F)F)c(F)c1. The van der Waals surface area contributed by atoms with Gasteiger partial charge in [-0.1, -0.05) is 13.8 Å². The van der Waals surface area contributed by atoms with Crippen molar-refractivity contribution in [2.45, 2.75) is 20.5 Å². The van der Waals surface area contributed by atoms with Crippen molar-refractivity contribution < 1.29 is 27.5 Å². The lowest BCUT2D eigenvalue weighted by Gasteiger charge is -2.10. The molecule has 0 aliphatic rings. The first-order chi connectivity index (χ1) is 9.79. The Morgan fingerprint density at radius 1 is 1.24 bits per heavy atom. The molecule has 0 aromatic heterocycles. The molecule has 0 spiro atoms. The maximum atomic E-state index is 13.4. The van der Waals surface area contributed by atoms with Gasteiger partial charge in [-0.15, -0.1) is 0 Å². The Bertz CT molecular complexity index is 521. The van der Waals surface area contributed by atoms with Crippen LogP contribution in [0.15, 0.2) is 18.2 Å². The van der Waals surface area contributed by atoms with E-state index in [-0.39, 0.29) is 11.6 Å². The molecule has 0 aliphatic carbocycles. The van der Waals surface area contributed by atoms with Crippen LogP contribution in [0.1, 0.15) is 13.8 Å². The second-order valence-corrected chi connectivity index (χ2v) is 4.58. The molecule has 1 aromatic carbocycles. The number of ether oxygens (including phenoxy) is 1. The van der Waals surface area contributed by atoms with Crippen LogP contribution in [0.25, 0.3) is 0 Å². The fraction of sp³-hybridized carbons (Fsp3) is 0.385. The quantitative estimate of drug-likeness (QED) is 0.819. The molecule has 0 unspecified atom stereocenters. The lowest BCUT2D eigenvalue weighted by molar-refractivity contribution is -0.136. The Kier molecular flexibility index (Phi) is 6.01. The van der Waals surface area contributed by atoms with Crippen LogP contribution in [0.2, 0.25) is 0 Å². The van der Waals surface area contributed by atoms with Crippen LogP contribution < -0.4 is 15.4 Å². The van der Waals surface area contributed by atoms with Crippen LogP contribution in [0, 0.1) is 11.7 Å². The fourth-order valence-electron chi connectivity index (χ4n) is 1.34. The molecule has 0 saturated carbocycles. The van der Waals surface area contributed by atoms with Crippen LogP contribution in [0.5, 0.6) is 5.75 Å². The van der Waals surface area contributed by atoms with Gasteiger partial charge in [-0.05, 0) is 18.1 Å². The second-order valence-electron chi connectivity index (χ2n) is 4.58. The van der Waals surface area contributed by atoms with E-state index in [1.165, 1.54) is 0 Å². The Morgan fingerprint density at radius 2 is 1.90 bits per heavy atom. The molecule has 0 bridgehead atoms. The maximum Gasteiger partial charge on any atom is 0.387 e. The summed E-state index contributed by atoms with van der Waals surface area (Å²) in [6.45, 7) is 0.883. The largest absolute Gasteiger partial charge is 0.432 e. The van der Waals surface area contributed by atoms with Gasteiger partial charge in [0.25, 0.3) is 0 Å². The highest BCUT2D eigenvalue weighted by atomic mass is 19.3. The molecule has 2 N–H and O–H groups in total. The normalized spacial score (nSPS) is 10.6. The zero-order chi connectivity index (χ0) is 16.0. The summed E-state index contributed by atoms with van der Waals surface area (Å²) in [5.74, 6) is -3.39. The number of halogens is 3. The van der Waals surface area contributed by atoms with Crippen molar-refractivity contribution in [2.75, 3.05) is 11.9 Å². The van der Waals surface area contributed by atoms with Gasteiger partial charge in [-0.3, -0.25) is 9.59 Å². The molecule has 116 valence electrons. The van der Waals surface area contributed by atoms with Gasteiger partial charge in [0.1, 0.15) is 0 Å². The minimum atomic E-state index is -3.15. The van der Waals surface area contributed by atoms with Gasteiger partial charge in [-0.2, -0.15) is 8.78 Å². The predicted octanol–water partition coefficient (Wildman–Crippen LogP) is 2.14. The minimum absolute atomic E-state index is 0.0428. The minimum Gasteiger partial charge on any atom is -0.432 e. The molecule has 5 nitrogen and oxygen atoms in total. The molecule has 0 fully saturated rings. The van der Waals surface area contributed by atoms with E-state index in [1.54, 1.807) is 0 Å². The zero-order valence-corrected chi connectivity index (χ0v) is 11.5. The number of carbonyl (C=O) groups is 2. The number of hydrogen-bond donors (Lipinski definition) is 2. The van der Waals surface area contributed by atoms with Gasteiger partial charge >= 0.3 is 18.4 Å². The number of amides is 2. The Morgan fingerprint density at radius 3 is 2.43 bits per heavy atom. The number of rotatable bonds is 5. The average molecular weight is 304 g/mol. The molecule has 21 heavy (non-hydrogen) atoms. The predicted molar refractivity (Wildman–Crippen MR) is 69.5 cm³/mol. The van der Waals surface area contributed by atoms with Crippen LogP contribution >= 0.6 is 0 Å². The number of hydrogen-bond acceptors (Lipinski definition) is 3. The highest BCUT2D eigenvalue weighted by Crippen LogP contribution is 2.22. The van der Waals surface area contributed by atoms with E-state index in [0.29, 0.717) is 6.54 Å². The third-order valence-electron chi connectivity index (χ3n) is 2.28. The molecular weight excluding hydrogens is 289 g/mol. The van der Waals surface area contributed by atoms with Crippen molar-refractivity contribution in [3.8, 4) is 5.75 Å². The Labute approximate surface area is 119 Å². The number of benzene rings is 1. The summed E-state index contributed by atoms with van der Waals surface area (Å²) in [5.41, 5.74) is -0.0428. The van der Waals surface area contributed by atoms with Crippen LogP contribution in [0.3, 0.4) is 0 Å². The van der Waals surface area contributed by atoms with E-state index in [2.05, 4.69) is 15.4 Å². The van der Waals surface area contributed by atoms with Crippen LogP contribution in [-0.2, 0) is 9.59 Å². The first kappa shape index (κ1) is 16.8. The maximum absolute atomic E-state index is 13.4. The van der Waals surface area contributed by atoms with Gasteiger partial charge < -0.3 is 15.4 Å². The Balaban J connectivity index is 2.64. The lowest BCUT2D eigenvalue weighted by Crippen LogP contribution is -2.37. The third-order valence-corrected chi connectivity index (χ3v) is 2.28. The van der Waals surface area contributed by atoms with Crippen molar-refractivity contribution in [3.63, 3.8) is 0 Å².